The number of aryl methyl sites for hydroxylation is 3. The number of nitrogens with zero attached hydrogens (tertiary/aromatic N) is 1. The van der Waals surface area contributed by atoms with Crippen molar-refractivity contribution in [1.82, 2.24) is 4.98 Å². The summed E-state index contributed by atoms with van der Waals surface area (Å²) in [5, 5.41) is 10.1. The topological polar surface area (TPSA) is 59.4 Å². The average Bonchev–Trinajstić information content (AvgIpc) is 2.88. The Kier molecular flexibility index (Phi) is 5.47. The lowest BCUT2D eigenvalue weighted by atomic mass is 10.1. The Balaban J connectivity index is 2.08. The molecule has 0 fully saturated rings. The number of hydrogen-bond donors (Lipinski definition) is 1. The lowest BCUT2D eigenvalue weighted by Gasteiger charge is -2.01. The molecule has 0 bridgehead atoms. The van der Waals surface area contributed by atoms with Gasteiger partial charge in [-0.1, -0.05) is 29.8 Å². The van der Waals surface area contributed by atoms with Crippen molar-refractivity contribution in [3.8, 4) is 0 Å². The van der Waals surface area contributed by atoms with Gasteiger partial charge in [-0.25, -0.2) is 9.78 Å². The van der Waals surface area contributed by atoms with Crippen LogP contribution in [0.4, 0.5) is 0 Å². The van der Waals surface area contributed by atoms with Crippen molar-refractivity contribution >= 4 is 17.3 Å². The monoisotopic (exact) mass is 305 g/mol. The van der Waals surface area contributed by atoms with Gasteiger partial charge in [0.15, 0.2) is 0 Å². The normalized spacial score (nSPS) is 10.8. The van der Waals surface area contributed by atoms with Crippen molar-refractivity contribution in [2.75, 3.05) is 13.7 Å². The van der Waals surface area contributed by atoms with Crippen LogP contribution in [0.1, 0.15) is 31.5 Å². The van der Waals surface area contributed by atoms with E-state index in [1.807, 2.05) is 0 Å². The molecule has 1 aromatic carbocycles. The van der Waals surface area contributed by atoms with Gasteiger partial charge >= 0.3 is 5.97 Å². The molecule has 5 heteroatoms. The molecule has 1 N–H and O–H groups in total. The van der Waals surface area contributed by atoms with Crippen LogP contribution in [0.2, 0.25) is 0 Å². The molecule has 112 valence electrons. The fourth-order valence-corrected chi connectivity index (χ4v) is 2.98. The highest BCUT2D eigenvalue weighted by Gasteiger charge is 2.17. The molecule has 0 amide bonds. The Morgan fingerprint density at radius 2 is 1.95 bits per heavy atom. The fraction of sp³-hybridized carbons (Fsp3) is 0.375. The number of benzene rings is 1. The Labute approximate surface area is 128 Å². The molecule has 0 radical (unpaired) electrons. The minimum atomic E-state index is -0.893. The van der Waals surface area contributed by atoms with Crippen LogP contribution in [-0.2, 0) is 24.0 Å². The van der Waals surface area contributed by atoms with E-state index < -0.39 is 5.97 Å². The summed E-state index contributed by atoms with van der Waals surface area (Å²) in [4.78, 5) is 16.1. The van der Waals surface area contributed by atoms with E-state index in [9.17, 15) is 9.90 Å². The fourth-order valence-electron chi connectivity index (χ4n) is 2.05. The number of ether oxygens (including phenoxy) is 1. The van der Waals surface area contributed by atoms with Crippen molar-refractivity contribution in [2.24, 2.45) is 0 Å². The lowest BCUT2D eigenvalue weighted by molar-refractivity contribution is 0.0700. The SMILES string of the molecule is COCCc1nc(CCc2ccc(C)cc2)c(C(=O)O)s1. The maximum absolute atomic E-state index is 11.3. The molecule has 21 heavy (non-hydrogen) atoms. The highest BCUT2D eigenvalue weighted by molar-refractivity contribution is 7.13. The maximum atomic E-state index is 11.3. The standard InChI is InChI=1S/C16H19NO3S/c1-11-3-5-12(6-4-11)7-8-13-15(16(18)19)21-14(17-13)9-10-20-2/h3-6H,7-10H2,1-2H3,(H,18,19). The molecule has 0 saturated carbocycles. The molecule has 1 heterocycles. The number of thiazole rings is 1. The van der Waals surface area contributed by atoms with E-state index >= 15 is 0 Å². The first kappa shape index (κ1) is 15.7. The lowest BCUT2D eigenvalue weighted by Crippen LogP contribution is -2.01. The van der Waals surface area contributed by atoms with Crippen LogP contribution in [-0.4, -0.2) is 29.8 Å². The summed E-state index contributed by atoms with van der Waals surface area (Å²) in [6.07, 6.45) is 2.11. The summed E-state index contributed by atoms with van der Waals surface area (Å²) in [6.45, 7) is 2.61. The third kappa shape index (κ3) is 4.37. The summed E-state index contributed by atoms with van der Waals surface area (Å²) in [6, 6.07) is 8.29. The van der Waals surface area contributed by atoms with E-state index in [2.05, 4.69) is 36.2 Å². The van der Waals surface area contributed by atoms with Crippen LogP contribution in [0, 0.1) is 6.92 Å². The molecular formula is C16H19NO3S. The highest BCUT2D eigenvalue weighted by Crippen LogP contribution is 2.21. The van der Waals surface area contributed by atoms with Gasteiger partial charge in [0.05, 0.1) is 17.3 Å². The maximum Gasteiger partial charge on any atom is 0.347 e. The molecule has 1 aromatic heterocycles. The largest absolute Gasteiger partial charge is 0.477 e. The van der Waals surface area contributed by atoms with Crippen molar-refractivity contribution in [3.63, 3.8) is 0 Å². The zero-order valence-corrected chi connectivity index (χ0v) is 13.1. The number of carboxylic acid groups (broad SMARTS) is 1. The minimum Gasteiger partial charge on any atom is -0.477 e. The van der Waals surface area contributed by atoms with E-state index in [1.54, 1.807) is 7.11 Å². The van der Waals surface area contributed by atoms with Gasteiger partial charge in [-0.2, -0.15) is 0 Å². The molecule has 2 rings (SSSR count). The van der Waals surface area contributed by atoms with E-state index in [0.29, 0.717) is 30.0 Å². The molecule has 0 atom stereocenters. The molecule has 0 aliphatic carbocycles. The van der Waals surface area contributed by atoms with Crippen LogP contribution in [0.25, 0.3) is 0 Å². The first-order valence-electron chi connectivity index (χ1n) is 6.86. The Hall–Kier alpha value is -1.72. The number of aromatic carboxylic acids is 1. The molecule has 2 aromatic rings. The van der Waals surface area contributed by atoms with Gasteiger partial charge < -0.3 is 9.84 Å². The summed E-state index contributed by atoms with van der Waals surface area (Å²) >= 11 is 1.25. The van der Waals surface area contributed by atoms with Crippen LogP contribution >= 0.6 is 11.3 Å². The molecule has 0 aliphatic heterocycles. The van der Waals surface area contributed by atoms with Crippen LogP contribution in [0.15, 0.2) is 24.3 Å². The first-order valence-corrected chi connectivity index (χ1v) is 7.68. The number of hydrogen-bond acceptors (Lipinski definition) is 4. The second kappa shape index (κ2) is 7.33. The number of carboxylic acids is 1. The van der Waals surface area contributed by atoms with E-state index in [-0.39, 0.29) is 0 Å². The summed E-state index contributed by atoms with van der Waals surface area (Å²) < 4.78 is 5.02. The van der Waals surface area contributed by atoms with E-state index in [1.165, 1.54) is 22.5 Å². The molecule has 0 saturated heterocycles. The molecule has 4 nitrogen and oxygen atoms in total. The first-order chi connectivity index (χ1) is 10.1. The van der Waals surface area contributed by atoms with Crippen molar-refractivity contribution in [2.45, 2.75) is 26.2 Å². The molecule has 0 aliphatic rings. The van der Waals surface area contributed by atoms with Gasteiger partial charge in [0.2, 0.25) is 0 Å². The number of aromatic nitrogens is 1. The zero-order chi connectivity index (χ0) is 15.2. The summed E-state index contributed by atoms with van der Waals surface area (Å²) in [5.41, 5.74) is 3.10. The van der Waals surface area contributed by atoms with Gasteiger partial charge in [-0.15, -0.1) is 11.3 Å². The number of methoxy groups -OCH3 is 1. The minimum absolute atomic E-state index is 0.355. The Morgan fingerprint density at radius 3 is 2.57 bits per heavy atom. The summed E-state index contributed by atoms with van der Waals surface area (Å²) in [7, 11) is 1.63. The predicted octanol–water partition coefficient (Wildman–Crippen LogP) is 3.12. The van der Waals surface area contributed by atoms with Crippen molar-refractivity contribution < 1.29 is 14.6 Å². The van der Waals surface area contributed by atoms with Crippen LogP contribution in [0.3, 0.4) is 0 Å². The second-order valence-electron chi connectivity index (χ2n) is 4.92. The van der Waals surface area contributed by atoms with Crippen molar-refractivity contribution in [3.05, 3.63) is 51.0 Å². The van der Waals surface area contributed by atoms with Gasteiger partial charge in [-0.3, -0.25) is 0 Å². The third-order valence-corrected chi connectivity index (χ3v) is 4.37. The number of carbonyl (C=O) groups is 1. The zero-order valence-electron chi connectivity index (χ0n) is 12.3. The van der Waals surface area contributed by atoms with Gasteiger partial charge in [0, 0.05) is 13.5 Å². The quantitative estimate of drug-likeness (QED) is 0.854. The van der Waals surface area contributed by atoms with Gasteiger partial charge in [0.25, 0.3) is 0 Å². The van der Waals surface area contributed by atoms with Crippen LogP contribution in [0.5, 0.6) is 0 Å². The molecule has 0 unspecified atom stereocenters. The van der Waals surface area contributed by atoms with Gasteiger partial charge in [0.1, 0.15) is 4.88 Å². The van der Waals surface area contributed by atoms with Crippen LogP contribution < -0.4 is 0 Å². The van der Waals surface area contributed by atoms with Gasteiger partial charge in [-0.05, 0) is 25.3 Å². The Bertz CT molecular complexity index is 604. The molecule has 0 spiro atoms. The summed E-state index contributed by atoms with van der Waals surface area (Å²) in [5.74, 6) is -0.893. The third-order valence-electron chi connectivity index (χ3n) is 3.23. The number of rotatable bonds is 7. The predicted molar refractivity (Wildman–Crippen MR) is 83.2 cm³/mol. The van der Waals surface area contributed by atoms with E-state index in [4.69, 9.17) is 4.74 Å². The second-order valence-corrected chi connectivity index (χ2v) is 6.00. The van der Waals surface area contributed by atoms with E-state index in [0.717, 1.165) is 11.4 Å². The highest BCUT2D eigenvalue weighted by atomic mass is 32.1. The molecular weight excluding hydrogens is 286 g/mol. The van der Waals surface area contributed by atoms with Crippen molar-refractivity contribution in [1.29, 1.82) is 0 Å². The smallest absolute Gasteiger partial charge is 0.347 e. The average molecular weight is 305 g/mol. The Morgan fingerprint density at radius 1 is 1.24 bits per heavy atom.